The average molecular weight is 248 g/mol. The van der Waals surface area contributed by atoms with Crippen LogP contribution >= 0.6 is 0 Å². The standard InChI is InChI=1S/C14H20N2O2/c1-2-3-9-18-14(17)13-10-12(15-16-13)11-7-5-4-6-8-11/h4-8,12-13,15-16H,2-3,9-10H2,1H3. The molecule has 2 unspecified atom stereocenters. The summed E-state index contributed by atoms with van der Waals surface area (Å²) in [7, 11) is 0. The molecule has 1 aliphatic heterocycles. The first-order valence-electron chi connectivity index (χ1n) is 6.54. The van der Waals surface area contributed by atoms with Gasteiger partial charge in [0.15, 0.2) is 0 Å². The van der Waals surface area contributed by atoms with Crippen LogP contribution < -0.4 is 10.9 Å². The highest BCUT2D eigenvalue weighted by molar-refractivity contribution is 5.76. The van der Waals surface area contributed by atoms with E-state index in [9.17, 15) is 4.79 Å². The third-order valence-corrected chi connectivity index (χ3v) is 3.13. The van der Waals surface area contributed by atoms with Gasteiger partial charge in [-0.15, -0.1) is 0 Å². The van der Waals surface area contributed by atoms with E-state index in [0.29, 0.717) is 6.61 Å². The Balaban J connectivity index is 1.83. The number of carbonyl (C=O) groups is 1. The summed E-state index contributed by atoms with van der Waals surface area (Å²) in [4.78, 5) is 11.8. The lowest BCUT2D eigenvalue weighted by atomic mass is 10.0. The number of unbranched alkanes of at least 4 members (excludes halogenated alkanes) is 1. The van der Waals surface area contributed by atoms with Gasteiger partial charge in [0.05, 0.1) is 6.61 Å². The summed E-state index contributed by atoms with van der Waals surface area (Å²) in [5.41, 5.74) is 7.34. The molecule has 1 aromatic carbocycles. The van der Waals surface area contributed by atoms with Gasteiger partial charge < -0.3 is 4.74 Å². The highest BCUT2D eigenvalue weighted by Crippen LogP contribution is 2.22. The maximum Gasteiger partial charge on any atom is 0.324 e. The maximum absolute atomic E-state index is 11.8. The van der Waals surface area contributed by atoms with Crippen LogP contribution in [-0.2, 0) is 9.53 Å². The SMILES string of the molecule is CCCCOC(=O)C1CC(c2ccccc2)NN1. The first-order valence-corrected chi connectivity index (χ1v) is 6.54. The Hall–Kier alpha value is -1.39. The predicted octanol–water partition coefficient (Wildman–Crippen LogP) is 1.94. The van der Waals surface area contributed by atoms with Crippen molar-refractivity contribution in [1.82, 2.24) is 10.9 Å². The molecule has 1 heterocycles. The van der Waals surface area contributed by atoms with Gasteiger partial charge in [0, 0.05) is 6.04 Å². The van der Waals surface area contributed by atoms with Crippen molar-refractivity contribution in [3.8, 4) is 0 Å². The number of carbonyl (C=O) groups excluding carboxylic acids is 1. The third kappa shape index (κ3) is 3.31. The maximum atomic E-state index is 11.8. The Morgan fingerprint density at radius 2 is 2.11 bits per heavy atom. The van der Waals surface area contributed by atoms with Gasteiger partial charge in [-0.2, -0.15) is 0 Å². The van der Waals surface area contributed by atoms with Crippen LogP contribution in [0.5, 0.6) is 0 Å². The highest BCUT2D eigenvalue weighted by Gasteiger charge is 2.30. The first kappa shape index (κ1) is 13.1. The smallest absolute Gasteiger partial charge is 0.324 e. The van der Waals surface area contributed by atoms with Gasteiger partial charge in [0.25, 0.3) is 0 Å². The number of hydrogen-bond donors (Lipinski definition) is 2. The Morgan fingerprint density at radius 1 is 1.33 bits per heavy atom. The van der Waals surface area contributed by atoms with E-state index in [1.54, 1.807) is 0 Å². The molecule has 0 aliphatic carbocycles. The molecule has 18 heavy (non-hydrogen) atoms. The van der Waals surface area contributed by atoms with Gasteiger partial charge in [-0.1, -0.05) is 43.7 Å². The average Bonchev–Trinajstić information content (AvgIpc) is 2.89. The van der Waals surface area contributed by atoms with E-state index < -0.39 is 0 Å². The van der Waals surface area contributed by atoms with Gasteiger partial charge in [-0.05, 0) is 18.4 Å². The largest absolute Gasteiger partial charge is 0.464 e. The predicted molar refractivity (Wildman–Crippen MR) is 69.7 cm³/mol. The molecule has 2 atom stereocenters. The lowest BCUT2D eigenvalue weighted by Gasteiger charge is -2.09. The number of benzene rings is 1. The second-order valence-electron chi connectivity index (χ2n) is 4.56. The zero-order chi connectivity index (χ0) is 12.8. The van der Waals surface area contributed by atoms with Crippen LogP contribution in [0.1, 0.15) is 37.8 Å². The summed E-state index contributed by atoms with van der Waals surface area (Å²) >= 11 is 0. The second-order valence-corrected chi connectivity index (χ2v) is 4.56. The lowest BCUT2D eigenvalue weighted by molar-refractivity contribution is -0.146. The molecule has 4 nitrogen and oxygen atoms in total. The minimum Gasteiger partial charge on any atom is -0.464 e. The number of ether oxygens (including phenoxy) is 1. The normalized spacial score (nSPS) is 22.9. The number of esters is 1. The third-order valence-electron chi connectivity index (χ3n) is 3.13. The molecular weight excluding hydrogens is 228 g/mol. The van der Waals surface area contributed by atoms with Gasteiger partial charge in [0.2, 0.25) is 0 Å². The Morgan fingerprint density at radius 3 is 2.83 bits per heavy atom. The fraction of sp³-hybridized carbons (Fsp3) is 0.500. The van der Waals surface area contributed by atoms with Crippen molar-refractivity contribution in [3.63, 3.8) is 0 Å². The number of nitrogens with one attached hydrogen (secondary N) is 2. The van der Waals surface area contributed by atoms with Gasteiger partial charge in [-0.3, -0.25) is 4.79 Å². The van der Waals surface area contributed by atoms with Crippen LogP contribution in [0, 0.1) is 0 Å². The summed E-state index contributed by atoms with van der Waals surface area (Å²) in [6.45, 7) is 2.60. The fourth-order valence-electron chi connectivity index (χ4n) is 2.03. The summed E-state index contributed by atoms with van der Waals surface area (Å²) < 4.78 is 5.21. The topological polar surface area (TPSA) is 50.4 Å². The van der Waals surface area contributed by atoms with Crippen LogP contribution in [-0.4, -0.2) is 18.6 Å². The summed E-state index contributed by atoms with van der Waals surface area (Å²) in [5, 5.41) is 0. The molecule has 0 aromatic heterocycles. The van der Waals surface area contributed by atoms with Crippen molar-refractivity contribution in [2.24, 2.45) is 0 Å². The van der Waals surface area contributed by atoms with Gasteiger partial charge in [0.1, 0.15) is 6.04 Å². The van der Waals surface area contributed by atoms with Gasteiger partial charge in [-0.25, -0.2) is 10.9 Å². The Bertz CT molecular complexity index is 381. The molecule has 1 aliphatic rings. The minimum absolute atomic E-state index is 0.158. The monoisotopic (exact) mass is 248 g/mol. The molecule has 1 saturated heterocycles. The van der Waals surface area contributed by atoms with Crippen molar-refractivity contribution < 1.29 is 9.53 Å². The van der Waals surface area contributed by atoms with E-state index in [4.69, 9.17) is 4.74 Å². The summed E-state index contributed by atoms with van der Waals surface area (Å²) in [6, 6.07) is 10.0. The minimum atomic E-state index is -0.243. The fourth-order valence-corrected chi connectivity index (χ4v) is 2.03. The van der Waals surface area contributed by atoms with Crippen molar-refractivity contribution in [1.29, 1.82) is 0 Å². The zero-order valence-electron chi connectivity index (χ0n) is 10.7. The Labute approximate surface area is 108 Å². The molecule has 0 radical (unpaired) electrons. The molecule has 1 aromatic rings. The molecule has 0 amide bonds. The van der Waals surface area contributed by atoms with E-state index >= 15 is 0 Å². The van der Waals surface area contributed by atoms with Crippen molar-refractivity contribution >= 4 is 5.97 Å². The van der Waals surface area contributed by atoms with E-state index in [0.717, 1.165) is 19.3 Å². The van der Waals surface area contributed by atoms with Crippen LogP contribution in [0.4, 0.5) is 0 Å². The van der Waals surface area contributed by atoms with Crippen LogP contribution in [0.15, 0.2) is 30.3 Å². The zero-order valence-corrected chi connectivity index (χ0v) is 10.7. The lowest BCUT2D eigenvalue weighted by Crippen LogP contribution is -2.37. The quantitative estimate of drug-likeness (QED) is 0.617. The van der Waals surface area contributed by atoms with E-state index in [2.05, 4.69) is 29.9 Å². The molecule has 0 spiro atoms. The highest BCUT2D eigenvalue weighted by atomic mass is 16.5. The van der Waals surface area contributed by atoms with Crippen LogP contribution in [0.2, 0.25) is 0 Å². The van der Waals surface area contributed by atoms with E-state index in [1.807, 2.05) is 18.2 Å². The van der Waals surface area contributed by atoms with Crippen molar-refractivity contribution in [3.05, 3.63) is 35.9 Å². The molecular formula is C14H20N2O2. The van der Waals surface area contributed by atoms with E-state index in [1.165, 1.54) is 5.56 Å². The molecule has 4 heteroatoms. The molecule has 2 rings (SSSR count). The number of rotatable bonds is 5. The van der Waals surface area contributed by atoms with Crippen molar-refractivity contribution in [2.45, 2.75) is 38.3 Å². The number of hydrazine groups is 1. The Kier molecular flexibility index (Phi) is 4.73. The first-order chi connectivity index (χ1) is 8.81. The molecule has 98 valence electrons. The summed E-state index contributed by atoms with van der Waals surface area (Å²) in [5.74, 6) is -0.158. The molecule has 0 saturated carbocycles. The van der Waals surface area contributed by atoms with Crippen LogP contribution in [0.25, 0.3) is 0 Å². The van der Waals surface area contributed by atoms with E-state index in [-0.39, 0.29) is 18.1 Å². The van der Waals surface area contributed by atoms with Crippen molar-refractivity contribution in [2.75, 3.05) is 6.61 Å². The molecule has 0 bridgehead atoms. The number of hydrogen-bond acceptors (Lipinski definition) is 4. The molecule has 1 fully saturated rings. The summed E-state index contributed by atoms with van der Waals surface area (Å²) in [6.07, 6.45) is 2.69. The molecule has 2 N–H and O–H groups in total. The second kappa shape index (κ2) is 6.52. The van der Waals surface area contributed by atoms with Crippen LogP contribution in [0.3, 0.4) is 0 Å². The van der Waals surface area contributed by atoms with Gasteiger partial charge >= 0.3 is 5.97 Å².